The Morgan fingerprint density at radius 2 is 2.00 bits per heavy atom. The van der Waals surface area contributed by atoms with Crippen molar-refractivity contribution in [3.05, 3.63) is 60.0 Å². The van der Waals surface area contributed by atoms with Gasteiger partial charge in [0.05, 0.1) is 6.20 Å². The van der Waals surface area contributed by atoms with E-state index in [2.05, 4.69) is 5.10 Å². The maximum Gasteiger partial charge on any atom is 0.259 e. The minimum atomic E-state index is -0.0885. The summed E-state index contributed by atoms with van der Waals surface area (Å²) in [7, 11) is 3.60. The van der Waals surface area contributed by atoms with Crippen LogP contribution in [0.3, 0.4) is 0 Å². The molecule has 3 heterocycles. The third-order valence-corrected chi connectivity index (χ3v) is 4.19. The molecule has 128 valence electrons. The predicted octanol–water partition coefficient (Wildman–Crippen LogP) is 2.21. The third-order valence-electron chi connectivity index (χ3n) is 4.19. The van der Waals surface area contributed by atoms with Crippen LogP contribution in [0.25, 0.3) is 5.82 Å². The van der Waals surface area contributed by atoms with Gasteiger partial charge < -0.3 is 18.9 Å². The molecule has 0 saturated carbocycles. The Kier molecular flexibility index (Phi) is 3.68. The van der Waals surface area contributed by atoms with Crippen LogP contribution in [-0.2, 0) is 13.6 Å². The maximum absolute atomic E-state index is 12.9. The third kappa shape index (κ3) is 2.73. The Balaban J connectivity index is 1.57. The van der Waals surface area contributed by atoms with E-state index in [0.29, 0.717) is 17.9 Å². The fraction of sp³-hybridized carbons (Fsp3) is 0.222. The molecule has 2 aromatic heterocycles. The summed E-state index contributed by atoms with van der Waals surface area (Å²) in [6.07, 6.45) is 5.39. The molecule has 1 aromatic carbocycles. The molecule has 0 fully saturated rings. The average molecular weight is 338 g/mol. The Morgan fingerprint density at radius 1 is 1.24 bits per heavy atom. The molecule has 1 amide bonds. The fourth-order valence-electron chi connectivity index (χ4n) is 2.95. The van der Waals surface area contributed by atoms with Gasteiger partial charge in [0.2, 0.25) is 6.79 Å². The summed E-state index contributed by atoms with van der Waals surface area (Å²) in [6.45, 7) is 0.707. The summed E-state index contributed by atoms with van der Waals surface area (Å²) < 4.78 is 14.3. The Hall–Kier alpha value is -3.22. The highest BCUT2D eigenvalue weighted by Crippen LogP contribution is 2.32. The van der Waals surface area contributed by atoms with E-state index in [4.69, 9.17) is 9.47 Å². The van der Waals surface area contributed by atoms with Crippen molar-refractivity contribution < 1.29 is 14.3 Å². The van der Waals surface area contributed by atoms with Crippen LogP contribution >= 0.6 is 0 Å². The number of aromatic nitrogens is 3. The lowest BCUT2D eigenvalue weighted by Gasteiger charge is -2.18. The molecule has 0 radical (unpaired) electrons. The minimum absolute atomic E-state index is 0.0885. The smallest absolute Gasteiger partial charge is 0.259 e. The van der Waals surface area contributed by atoms with E-state index < -0.39 is 0 Å². The van der Waals surface area contributed by atoms with Crippen molar-refractivity contribution >= 4 is 5.91 Å². The number of fused-ring (bicyclic) bond motifs is 1. The highest BCUT2D eigenvalue weighted by molar-refractivity contribution is 5.96. The molecule has 0 bridgehead atoms. The van der Waals surface area contributed by atoms with E-state index in [9.17, 15) is 4.79 Å². The van der Waals surface area contributed by atoms with Crippen molar-refractivity contribution in [2.45, 2.75) is 6.54 Å². The van der Waals surface area contributed by atoms with E-state index >= 15 is 0 Å². The molecule has 7 heteroatoms. The first-order chi connectivity index (χ1) is 12.1. The van der Waals surface area contributed by atoms with E-state index in [0.717, 1.165) is 17.1 Å². The molecular weight excluding hydrogens is 320 g/mol. The number of carbonyl (C=O) groups is 1. The first-order valence-electron chi connectivity index (χ1n) is 7.93. The zero-order chi connectivity index (χ0) is 17.4. The number of aryl methyl sites for hydroxylation is 1. The number of ether oxygens (including phenoxy) is 2. The van der Waals surface area contributed by atoms with E-state index in [-0.39, 0.29) is 12.7 Å². The Bertz CT molecular complexity index is 915. The van der Waals surface area contributed by atoms with Crippen molar-refractivity contribution in [3.63, 3.8) is 0 Å². The van der Waals surface area contributed by atoms with Gasteiger partial charge >= 0.3 is 0 Å². The predicted molar refractivity (Wildman–Crippen MR) is 90.9 cm³/mol. The molecule has 7 nitrogen and oxygen atoms in total. The summed E-state index contributed by atoms with van der Waals surface area (Å²) in [4.78, 5) is 14.6. The lowest BCUT2D eigenvalue weighted by molar-refractivity contribution is 0.0785. The number of carbonyl (C=O) groups excluding carboxylic acids is 1. The van der Waals surface area contributed by atoms with Crippen LogP contribution in [0.1, 0.15) is 15.9 Å². The Labute approximate surface area is 145 Å². The zero-order valence-electron chi connectivity index (χ0n) is 14.0. The van der Waals surface area contributed by atoms with Gasteiger partial charge in [-0.3, -0.25) is 9.48 Å². The van der Waals surface area contributed by atoms with Crippen molar-refractivity contribution in [2.24, 2.45) is 7.05 Å². The molecule has 0 N–H and O–H groups in total. The quantitative estimate of drug-likeness (QED) is 0.732. The van der Waals surface area contributed by atoms with Gasteiger partial charge in [0.25, 0.3) is 5.91 Å². The molecule has 0 aliphatic carbocycles. The van der Waals surface area contributed by atoms with Gasteiger partial charge in [-0.1, -0.05) is 6.07 Å². The highest BCUT2D eigenvalue weighted by Gasteiger charge is 2.21. The van der Waals surface area contributed by atoms with Gasteiger partial charge in [0.15, 0.2) is 11.5 Å². The first-order valence-corrected chi connectivity index (χ1v) is 7.93. The summed E-state index contributed by atoms with van der Waals surface area (Å²) in [5.41, 5.74) is 1.54. The number of nitrogens with zero attached hydrogens (tertiary/aromatic N) is 4. The molecular formula is C18H18N4O3. The zero-order valence-corrected chi connectivity index (χ0v) is 14.0. The van der Waals surface area contributed by atoms with Crippen molar-refractivity contribution in [1.29, 1.82) is 0 Å². The molecule has 4 rings (SSSR count). The van der Waals surface area contributed by atoms with Gasteiger partial charge in [-0.05, 0) is 29.8 Å². The molecule has 0 spiro atoms. The second kappa shape index (κ2) is 6.01. The normalized spacial score (nSPS) is 12.4. The molecule has 1 aliphatic rings. The van der Waals surface area contributed by atoms with Crippen LogP contribution in [0.15, 0.2) is 48.9 Å². The van der Waals surface area contributed by atoms with Crippen molar-refractivity contribution in [1.82, 2.24) is 19.2 Å². The lowest BCUT2D eigenvalue weighted by Crippen LogP contribution is -2.27. The Morgan fingerprint density at radius 3 is 2.80 bits per heavy atom. The first kappa shape index (κ1) is 15.3. The van der Waals surface area contributed by atoms with Crippen LogP contribution in [0.2, 0.25) is 0 Å². The van der Waals surface area contributed by atoms with Gasteiger partial charge in [-0.2, -0.15) is 5.10 Å². The average Bonchev–Trinajstić information content (AvgIpc) is 3.33. The molecule has 1 aliphatic heterocycles. The number of benzene rings is 1. The fourth-order valence-corrected chi connectivity index (χ4v) is 2.95. The molecule has 0 atom stereocenters. The largest absolute Gasteiger partial charge is 0.454 e. The molecule has 3 aromatic rings. The van der Waals surface area contributed by atoms with E-state index in [1.54, 1.807) is 22.8 Å². The van der Waals surface area contributed by atoms with Crippen molar-refractivity contribution in [2.75, 3.05) is 13.8 Å². The van der Waals surface area contributed by atoms with Gasteiger partial charge in [-0.15, -0.1) is 0 Å². The van der Waals surface area contributed by atoms with Crippen LogP contribution in [0.4, 0.5) is 0 Å². The van der Waals surface area contributed by atoms with Gasteiger partial charge in [-0.25, -0.2) is 0 Å². The second-order valence-corrected chi connectivity index (χ2v) is 5.94. The maximum atomic E-state index is 12.9. The minimum Gasteiger partial charge on any atom is -0.454 e. The number of hydrogen-bond acceptors (Lipinski definition) is 4. The summed E-state index contributed by atoms with van der Waals surface area (Å²) >= 11 is 0. The summed E-state index contributed by atoms with van der Waals surface area (Å²) in [6, 6.07) is 9.54. The molecule has 0 saturated heterocycles. The lowest BCUT2D eigenvalue weighted by atomic mass is 10.2. The van der Waals surface area contributed by atoms with Crippen LogP contribution in [0, 0.1) is 0 Å². The SMILES string of the molecule is CN(Cc1ccc2c(c1)OCO2)C(=O)c1cnn(C)c1-n1cccc1. The van der Waals surface area contributed by atoms with Crippen LogP contribution < -0.4 is 9.47 Å². The van der Waals surface area contributed by atoms with Gasteiger partial charge in [0.1, 0.15) is 11.4 Å². The highest BCUT2D eigenvalue weighted by atomic mass is 16.7. The van der Waals surface area contributed by atoms with Crippen LogP contribution in [-0.4, -0.2) is 39.0 Å². The van der Waals surface area contributed by atoms with Crippen LogP contribution in [0.5, 0.6) is 11.5 Å². The van der Waals surface area contributed by atoms with E-state index in [1.807, 2.05) is 54.3 Å². The number of rotatable bonds is 4. The standard InChI is InChI=1S/C18H18N4O3/c1-20(11-13-5-6-15-16(9-13)25-12-24-15)18(23)14-10-19-21(2)17(14)22-7-3-4-8-22/h3-10H,11-12H2,1-2H3. The topological polar surface area (TPSA) is 61.5 Å². The molecule has 25 heavy (non-hydrogen) atoms. The van der Waals surface area contributed by atoms with Gasteiger partial charge in [0, 0.05) is 33.0 Å². The van der Waals surface area contributed by atoms with E-state index in [1.165, 1.54) is 0 Å². The monoisotopic (exact) mass is 338 g/mol. The number of amides is 1. The number of hydrogen-bond donors (Lipinski definition) is 0. The van der Waals surface area contributed by atoms with Crippen molar-refractivity contribution in [3.8, 4) is 17.3 Å². The summed E-state index contributed by atoms with van der Waals surface area (Å²) in [5.74, 6) is 2.11. The second-order valence-electron chi connectivity index (χ2n) is 5.94. The molecule has 0 unspecified atom stereocenters. The summed E-state index contributed by atoms with van der Waals surface area (Å²) in [5, 5.41) is 4.24.